The molecule has 3 aliphatic rings. The van der Waals surface area contributed by atoms with Crippen LogP contribution in [0.15, 0.2) is 36.4 Å². The Morgan fingerprint density at radius 3 is 2.70 bits per heavy atom. The zero-order valence-electron chi connectivity index (χ0n) is 13.2. The van der Waals surface area contributed by atoms with E-state index in [1.165, 1.54) is 5.56 Å². The van der Waals surface area contributed by atoms with Gasteiger partial charge in [-0.05, 0) is 19.4 Å². The van der Waals surface area contributed by atoms with Crippen molar-refractivity contribution in [2.45, 2.75) is 31.6 Å². The Morgan fingerprint density at radius 1 is 1.35 bits per heavy atom. The standard InChI is InChI=1S/C18H19NO4/c1-11-3-5-12(6-4-11)9-19-10-18-8-7-17(2,23-18)14(16(21)22)13(18)15(19)20/h3-8,13-14H,9-10H2,1-2H3,(H,21,22)/t13-,14-,17+,18+/m0/s1. The van der Waals surface area contributed by atoms with Gasteiger partial charge in [0.25, 0.3) is 0 Å². The second-order valence-electron chi connectivity index (χ2n) is 7.05. The Balaban J connectivity index is 1.64. The third-order valence-corrected chi connectivity index (χ3v) is 5.36. The fraction of sp³-hybridized carbons (Fsp3) is 0.444. The van der Waals surface area contributed by atoms with Crippen LogP contribution in [0.4, 0.5) is 0 Å². The molecule has 0 aliphatic carbocycles. The van der Waals surface area contributed by atoms with Crippen LogP contribution in [-0.2, 0) is 20.9 Å². The molecule has 3 heterocycles. The summed E-state index contributed by atoms with van der Waals surface area (Å²) < 4.78 is 6.05. The molecule has 2 bridgehead atoms. The molecule has 2 fully saturated rings. The number of fused-ring (bicyclic) bond motifs is 1. The van der Waals surface area contributed by atoms with E-state index in [4.69, 9.17) is 4.74 Å². The van der Waals surface area contributed by atoms with Crippen LogP contribution in [0.2, 0.25) is 0 Å². The van der Waals surface area contributed by atoms with E-state index < -0.39 is 29.0 Å². The van der Waals surface area contributed by atoms with Crippen molar-refractivity contribution in [2.24, 2.45) is 11.8 Å². The number of amides is 1. The molecule has 1 spiro atoms. The Kier molecular flexibility index (Phi) is 2.79. The third-order valence-electron chi connectivity index (χ3n) is 5.36. The van der Waals surface area contributed by atoms with Crippen molar-refractivity contribution in [3.8, 4) is 0 Å². The quantitative estimate of drug-likeness (QED) is 0.863. The van der Waals surface area contributed by atoms with E-state index in [0.717, 1.165) is 5.56 Å². The first-order valence-corrected chi connectivity index (χ1v) is 7.82. The summed E-state index contributed by atoms with van der Waals surface area (Å²) in [6.07, 6.45) is 3.70. The van der Waals surface area contributed by atoms with Crippen molar-refractivity contribution < 1.29 is 19.4 Å². The van der Waals surface area contributed by atoms with Gasteiger partial charge >= 0.3 is 5.97 Å². The average Bonchev–Trinajstić information content (AvgIpc) is 3.04. The smallest absolute Gasteiger partial charge is 0.310 e. The third kappa shape index (κ3) is 1.89. The SMILES string of the molecule is Cc1ccc(CN2C[C@@]34C=C[C@@](C)(O3)[C@H](C(=O)O)[C@H]4C2=O)cc1. The van der Waals surface area contributed by atoms with E-state index in [2.05, 4.69) is 0 Å². The Morgan fingerprint density at radius 2 is 2.04 bits per heavy atom. The number of benzene rings is 1. The zero-order valence-corrected chi connectivity index (χ0v) is 13.2. The number of nitrogens with zero attached hydrogens (tertiary/aromatic N) is 1. The lowest BCUT2D eigenvalue weighted by Crippen LogP contribution is -2.43. The van der Waals surface area contributed by atoms with Gasteiger partial charge in [-0.2, -0.15) is 0 Å². The van der Waals surface area contributed by atoms with E-state index in [1.54, 1.807) is 11.8 Å². The zero-order chi connectivity index (χ0) is 16.4. The van der Waals surface area contributed by atoms with Gasteiger partial charge in [-0.25, -0.2) is 0 Å². The maximum atomic E-state index is 12.8. The molecule has 0 unspecified atom stereocenters. The van der Waals surface area contributed by atoms with Gasteiger partial charge in [0, 0.05) is 6.54 Å². The highest BCUT2D eigenvalue weighted by molar-refractivity contribution is 5.91. The Hall–Kier alpha value is -2.14. The minimum absolute atomic E-state index is 0.119. The minimum atomic E-state index is -0.964. The number of hydrogen-bond donors (Lipinski definition) is 1. The highest BCUT2D eigenvalue weighted by Gasteiger charge is 2.71. The second kappa shape index (κ2) is 4.45. The number of carboxylic acids is 1. The van der Waals surface area contributed by atoms with Gasteiger partial charge < -0.3 is 14.7 Å². The van der Waals surface area contributed by atoms with Crippen molar-refractivity contribution in [3.05, 3.63) is 47.5 Å². The molecule has 3 aliphatic heterocycles. The number of ether oxygens (including phenoxy) is 1. The molecule has 5 heteroatoms. The van der Waals surface area contributed by atoms with E-state index >= 15 is 0 Å². The molecule has 4 rings (SSSR count). The van der Waals surface area contributed by atoms with Crippen LogP contribution in [-0.4, -0.2) is 39.6 Å². The molecule has 1 aromatic carbocycles. The number of rotatable bonds is 3. The predicted molar refractivity (Wildman–Crippen MR) is 82.6 cm³/mol. The van der Waals surface area contributed by atoms with Crippen molar-refractivity contribution >= 4 is 11.9 Å². The van der Waals surface area contributed by atoms with Gasteiger partial charge in [0.1, 0.15) is 11.5 Å². The molecule has 2 saturated heterocycles. The van der Waals surface area contributed by atoms with E-state index in [-0.39, 0.29) is 5.91 Å². The molecule has 0 radical (unpaired) electrons. The number of carbonyl (C=O) groups is 2. The summed E-state index contributed by atoms with van der Waals surface area (Å²) in [6.45, 7) is 4.68. The molecule has 1 amide bonds. The van der Waals surface area contributed by atoms with Gasteiger partial charge in [0.05, 0.1) is 18.1 Å². The number of carbonyl (C=O) groups excluding carboxylic acids is 1. The first kappa shape index (κ1) is 14.5. The summed E-state index contributed by atoms with van der Waals surface area (Å²) in [4.78, 5) is 26.3. The molecule has 0 aromatic heterocycles. The first-order chi connectivity index (χ1) is 10.8. The summed E-state index contributed by atoms with van der Waals surface area (Å²) in [5.74, 6) is -2.52. The van der Waals surface area contributed by atoms with Crippen LogP contribution in [0.1, 0.15) is 18.1 Å². The summed E-state index contributed by atoms with van der Waals surface area (Å²) in [5, 5.41) is 9.58. The number of likely N-dealkylation sites (tertiary alicyclic amines) is 1. The monoisotopic (exact) mass is 313 g/mol. The summed E-state index contributed by atoms with van der Waals surface area (Å²) >= 11 is 0. The molecular weight excluding hydrogens is 294 g/mol. The molecule has 4 atom stereocenters. The summed E-state index contributed by atoms with van der Waals surface area (Å²) in [5.41, 5.74) is 0.555. The van der Waals surface area contributed by atoms with Crippen molar-refractivity contribution in [2.75, 3.05) is 6.54 Å². The van der Waals surface area contributed by atoms with E-state index in [0.29, 0.717) is 13.1 Å². The Bertz CT molecular complexity index is 725. The lowest BCUT2D eigenvalue weighted by Gasteiger charge is -2.27. The number of carboxylic acid groups (broad SMARTS) is 1. The van der Waals surface area contributed by atoms with Crippen LogP contribution < -0.4 is 0 Å². The van der Waals surface area contributed by atoms with Gasteiger partial charge in [-0.1, -0.05) is 42.0 Å². The van der Waals surface area contributed by atoms with Crippen molar-refractivity contribution in [3.63, 3.8) is 0 Å². The van der Waals surface area contributed by atoms with Gasteiger partial charge in [-0.15, -0.1) is 0 Å². The van der Waals surface area contributed by atoms with Crippen LogP contribution in [0.5, 0.6) is 0 Å². The fourth-order valence-electron chi connectivity index (χ4n) is 4.27. The maximum Gasteiger partial charge on any atom is 0.310 e. The molecule has 23 heavy (non-hydrogen) atoms. The highest BCUT2D eigenvalue weighted by atomic mass is 16.5. The second-order valence-corrected chi connectivity index (χ2v) is 7.05. The van der Waals surface area contributed by atoms with Crippen molar-refractivity contribution in [1.82, 2.24) is 4.90 Å². The van der Waals surface area contributed by atoms with Crippen LogP contribution in [0.25, 0.3) is 0 Å². The van der Waals surface area contributed by atoms with E-state index in [9.17, 15) is 14.7 Å². The molecule has 120 valence electrons. The molecule has 1 N–H and O–H groups in total. The average molecular weight is 313 g/mol. The number of aryl methyl sites for hydroxylation is 1. The Labute approximate surface area is 134 Å². The lowest BCUT2D eigenvalue weighted by atomic mass is 9.72. The summed E-state index contributed by atoms with van der Waals surface area (Å²) in [7, 11) is 0. The van der Waals surface area contributed by atoms with Crippen LogP contribution in [0.3, 0.4) is 0 Å². The molecule has 1 aromatic rings. The highest BCUT2D eigenvalue weighted by Crippen LogP contribution is 2.57. The normalized spacial score (nSPS) is 37.5. The maximum absolute atomic E-state index is 12.8. The molecule has 5 nitrogen and oxygen atoms in total. The van der Waals surface area contributed by atoms with E-state index in [1.807, 2.05) is 43.3 Å². The topological polar surface area (TPSA) is 66.8 Å². The number of aliphatic carboxylic acids is 1. The number of hydrogen-bond acceptors (Lipinski definition) is 3. The molecular formula is C18H19NO4. The van der Waals surface area contributed by atoms with Crippen LogP contribution >= 0.6 is 0 Å². The first-order valence-electron chi connectivity index (χ1n) is 7.82. The lowest BCUT2D eigenvalue weighted by molar-refractivity contribution is -0.151. The van der Waals surface area contributed by atoms with Crippen LogP contribution in [0, 0.1) is 18.8 Å². The summed E-state index contributed by atoms with van der Waals surface area (Å²) in [6, 6.07) is 8.02. The minimum Gasteiger partial charge on any atom is -0.481 e. The predicted octanol–water partition coefficient (Wildman–Crippen LogP) is 1.75. The van der Waals surface area contributed by atoms with Crippen molar-refractivity contribution in [1.29, 1.82) is 0 Å². The van der Waals surface area contributed by atoms with Gasteiger partial charge in [0.15, 0.2) is 0 Å². The van der Waals surface area contributed by atoms with Gasteiger partial charge in [0.2, 0.25) is 5.91 Å². The molecule has 0 saturated carbocycles. The van der Waals surface area contributed by atoms with Gasteiger partial charge in [-0.3, -0.25) is 9.59 Å². The fourth-order valence-corrected chi connectivity index (χ4v) is 4.27. The largest absolute Gasteiger partial charge is 0.481 e.